The number of nitro benzene ring substituents is 1. The van der Waals surface area contributed by atoms with Crippen LogP contribution in [0.5, 0.6) is 5.75 Å². The smallest absolute Gasteiger partial charge is 0.269 e. The molecule has 0 aliphatic carbocycles. The molecule has 0 aliphatic rings. The number of anilines is 4. The number of aromatic hydroxyl groups is 1. The highest BCUT2D eigenvalue weighted by molar-refractivity contribution is 14.1. The lowest BCUT2D eigenvalue weighted by Gasteiger charge is -2.23. The number of rotatable bonds is 13. The van der Waals surface area contributed by atoms with E-state index >= 15 is 0 Å². The predicted octanol–water partition coefficient (Wildman–Crippen LogP) is 6.29. The topological polar surface area (TPSA) is 142 Å². The summed E-state index contributed by atoms with van der Waals surface area (Å²) in [7, 11) is 0. The largest absolute Gasteiger partial charge is 0.506 e. The van der Waals surface area contributed by atoms with E-state index < -0.39 is 4.92 Å². The minimum Gasteiger partial charge on any atom is -0.506 e. The Morgan fingerprint density at radius 1 is 1.05 bits per heavy atom. The van der Waals surface area contributed by atoms with Gasteiger partial charge in [-0.25, -0.2) is 5.43 Å². The minimum atomic E-state index is -0.448. The maximum atomic E-state index is 11.0. The summed E-state index contributed by atoms with van der Waals surface area (Å²) in [4.78, 5) is 26.3. The van der Waals surface area contributed by atoms with Crippen molar-refractivity contribution in [2.45, 2.75) is 39.5 Å². The van der Waals surface area contributed by atoms with Crippen LogP contribution in [0, 0.1) is 17.3 Å². The van der Waals surface area contributed by atoms with Gasteiger partial charge in [-0.2, -0.15) is 20.1 Å². The molecule has 3 rings (SSSR count). The van der Waals surface area contributed by atoms with Crippen molar-refractivity contribution >= 4 is 80.6 Å². The van der Waals surface area contributed by atoms with Crippen molar-refractivity contribution < 1.29 is 10.0 Å². The maximum absolute atomic E-state index is 11.0. The SMILES string of the molecule is CCCCN(CCCC)c1nc(N/N=C/c2cc(I)cc(I)c2O)nc(Nc2ccc([N+](=O)[O-])cc2)n1. The van der Waals surface area contributed by atoms with Crippen molar-refractivity contribution in [3.63, 3.8) is 0 Å². The van der Waals surface area contributed by atoms with E-state index in [-0.39, 0.29) is 23.3 Å². The molecule has 0 amide bonds. The number of non-ortho nitro benzene ring substituents is 1. The lowest BCUT2D eigenvalue weighted by atomic mass is 10.2. The molecule has 37 heavy (non-hydrogen) atoms. The molecular weight excluding hydrogens is 702 g/mol. The van der Waals surface area contributed by atoms with Crippen LogP contribution in [0.3, 0.4) is 0 Å². The van der Waals surface area contributed by atoms with E-state index in [2.05, 4.69) is 94.7 Å². The molecule has 13 heteroatoms. The lowest BCUT2D eigenvalue weighted by molar-refractivity contribution is -0.384. The number of nitrogens with one attached hydrogen (secondary N) is 2. The van der Waals surface area contributed by atoms with Gasteiger partial charge in [-0.05, 0) is 82.3 Å². The quantitative estimate of drug-likeness (QED) is 0.0801. The van der Waals surface area contributed by atoms with Gasteiger partial charge in [-0.3, -0.25) is 10.1 Å². The molecule has 2 aromatic carbocycles. The fourth-order valence-electron chi connectivity index (χ4n) is 3.26. The van der Waals surface area contributed by atoms with Gasteiger partial charge in [0.15, 0.2) is 0 Å². The molecule has 0 spiro atoms. The van der Waals surface area contributed by atoms with Gasteiger partial charge in [0, 0.05) is 40.0 Å². The van der Waals surface area contributed by atoms with E-state index in [0.717, 1.165) is 45.9 Å². The van der Waals surface area contributed by atoms with E-state index in [4.69, 9.17) is 0 Å². The van der Waals surface area contributed by atoms with Gasteiger partial charge < -0.3 is 15.3 Å². The summed E-state index contributed by atoms with van der Waals surface area (Å²) >= 11 is 4.25. The number of halogens is 2. The van der Waals surface area contributed by atoms with Crippen molar-refractivity contribution in [1.82, 2.24) is 15.0 Å². The Morgan fingerprint density at radius 3 is 2.32 bits per heavy atom. The summed E-state index contributed by atoms with van der Waals surface area (Å²) in [6.07, 6.45) is 5.57. The van der Waals surface area contributed by atoms with Gasteiger partial charge in [0.05, 0.1) is 14.7 Å². The number of hydrogen-bond donors (Lipinski definition) is 3. The van der Waals surface area contributed by atoms with E-state index in [1.165, 1.54) is 18.3 Å². The zero-order valence-electron chi connectivity index (χ0n) is 20.5. The van der Waals surface area contributed by atoms with Crippen LogP contribution in [0.25, 0.3) is 0 Å². The fraction of sp³-hybridized carbons (Fsp3) is 0.333. The van der Waals surface area contributed by atoms with Gasteiger partial charge in [0.2, 0.25) is 17.8 Å². The Hall–Kier alpha value is -2.82. The second kappa shape index (κ2) is 14.2. The van der Waals surface area contributed by atoms with E-state index in [1.807, 2.05) is 12.1 Å². The first-order chi connectivity index (χ1) is 17.8. The Kier molecular flexibility index (Phi) is 11.0. The van der Waals surface area contributed by atoms with Gasteiger partial charge >= 0.3 is 0 Å². The Morgan fingerprint density at radius 2 is 1.70 bits per heavy atom. The molecule has 0 saturated carbocycles. The molecule has 0 atom stereocenters. The number of aromatic nitrogens is 3. The standard InChI is InChI=1S/C24H28I2N8O3/c1-3-5-11-33(12-6-4-2)24-30-22(28-18-7-9-19(10-8-18)34(36)37)29-23(31-24)32-27-15-16-13-17(25)14-20(26)21(16)35/h7-10,13-15,35H,3-6,11-12H2,1-2H3,(H2,28,29,30,31,32)/b27-15+. The number of hydrogen-bond acceptors (Lipinski definition) is 10. The van der Waals surface area contributed by atoms with Gasteiger partial charge in [0.25, 0.3) is 5.69 Å². The molecule has 11 nitrogen and oxygen atoms in total. The third-order valence-electron chi connectivity index (χ3n) is 5.23. The Labute approximate surface area is 242 Å². The van der Waals surface area contributed by atoms with Crippen LogP contribution in [0.15, 0.2) is 41.5 Å². The summed E-state index contributed by atoms with van der Waals surface area (Å²) in [6.45, 7) is 5.87. The summed E-state index contributed by atoms with van der Waals surface area (Å²) in [5.74, 6) is 1.16. The highest BCUT2D eigenvalue weighted by Gasteiger charge is 2.14. The molecule has 1 heterocycles. The van der Waals surface area contributed by atoms with Crippen LogP contribution in [0.1, 0.15) is 45.1 Å². The highest BCUT2D eigenvalue weighted by atomic mass is 127. The third-order valence-corrected chi connectivity index (χ3v) is 6.67. The fourth-order valence-corrected chi connectivity index (χ4v) is 5.15. The zero-order valence-corrected chi connectivity index (χ0v) is 24.8. The average molecular weight is 730 g/mol. The number of benzene rings is 2. The van der Waals surface area contributed by atoms with Crippen LogP contribution in [0.2, 0.25) is 0 Å². The van der Waals surface area contributed by atoms with Crippen LogP contribution in [-0.2, 0) is 0 Å². The summed E-state index contributed by atoms with van der Waals surface area (Å²) in [5, 5.41) is 28.7. The molecule has 1 aromatic heterocycles. The van der Waals surface area contributed by atoms with E-state index in [1.54, 1.807) is 12.1 Å². The van der Waals surface area contributed by atoms with Crippen LogP contribution in [0.4, 0.5) is 29.2 Å². The number of phenolic OH excluding ortho intramolecular Hbond substituents is 1. The van der Waals surface area contributed by atoms with Crippen molar-refractivity contribution in [2.75, 3.05) is 28.7 Å². The second-order valence-electron chi connectivity index (χ2n) is 8.10. The molecular formula is C24H28I2N8O3. The number of hydrazone groups is 1. The first-order valence-electron chi connectivity index (χ1n) is 11.8. The molecule has 0 fully saturated rings. The van der Waals surface area contributed by atoms with Crippen LogP contribution >= 0.6 is 45.2 Å². The summed E-state index contributed by atoms with van der Waals surface area (Å²) in [5.41, 5.74) is 4.02. The molecule has 196 valence electrons. The second-order valence-corrected chi connectivity index (χ2v) is 10.5. The van der Waals surface area contributed by atoms with Crippen molar-refractivity contribution in [3.8, 4) is 5.75 Å². The molecule has 0 saturated heterocycles. The maximum Gasteiger partial charge on any atom is 0.269 e. The Bertz CT molecular complexity index is 1230. The number of nitrogens with zero attached hydrogens (tertiary/aromatic N) is 6. The zero-order chi connectivity index (χ0) is 26.8. The number of unbranched alkanes of at least 4 members (excludes halogenated alkanes) is 2. The molecule has 0 unspecified atom stereocenters. The lowest BCUT2D eigenvalue weighted by Crippen LogP contribution is -2.28. The minimum absolute atomic E-state index is 0.00243. The number of phenols is 1. The normalized spacial score (nSPS) is 11.0. The predicted molar refractivity (Wildman–Crippen MR) is 163 cm³/mol. The average Bonchev–Trinajstić information content (AvgIpc) is 2.87. The van der Waals surface area contributed by atoms with E-state index in [9.17, 15) is 15.2 Å². The monoisotopic (exact) mass is 730 g/mol. The van der Waals surface area contributed by atoms with Crippen molar-refractivity contribution in [2.24, 2.45) is 5.10 Å². The van der Waals surface area contributed by atoms with Crippen molar-refractivity contribution in [1.29, 1.82) is 0 Å². The van der Waals surface area contributed by atoms with Gasteiger partial charge in [-0.15, -0.1) is 0 Å². The number of nitro groups is 1. The van der Waals surface area contributed by atoms with Gasteiger partial charge in [0.1, 0.15) is 5.75 Å². The highest BCUT2D eigenvalue weighted by Crippen LogP contribution is 2.26. The van der Waals surface area contributed by atoms with Crippen LogP contribution in [-0.4, -0.2) is 44.3 Å². The molecule has 3 N–H and O–H groups in total. The van der Waals surface area contributed by atoms with Crippen LogP contribution < -0.4 is 15.6 Å². The molecule has 3 aromatic rings. The first kappa shape index (κ1) is 28.7. The summed E-state index contributed by atoms with van der Waals surface area (Å²) < 4.78 is 1.70. The van der Waals surface area contributed by atoms with Gasteiger partial charge in [-0.1, -0.05) is 26.7 Å². The molecule has 0 bridgehead atoms. The first-order valence-corrected chi connectivity index (χ1v) is 14.0. The summed E-state index contributed by atoms with van der Waals surface area (Å²) in [6, 6.07) is 9.72. The third kappa shape index (κ3) is 8.62. The van der Waals surface area contributed by atoms with E-state index in [0.29, 0.717) is 17.2 Å². The molecule has 0 aliphatic heterocycles. The molecule has 0 radical (unpaired) electrons. The van der Waals surface area contributed by atoms with Crippen molar-refractivity contribution in [3.05, 3.63) is 59.2 Å². The Balaban J connectivity index is 1.91.